The fourth-order valence-corrected chi connectivity index (χ4v) is 2.64. The van der Waals surface area contributed by atoms with Crippen molar-refractivity contribution in [3.05, 3.63) is 68.8 Å². The first-order valence-corrected chi connectivity index (χ1v) is 7.83. The van der Waals surface area contributed by atoms with Crippen molar-refractivity contribution in [1.29, 1.82) is 0 Å². The van der Waals surface area contributed by atoms with Crippen LogP contribution in [0.25, 0.3) is 0 Å². The Hall–Kier alpha value is -0.910. The Kier molecular flexibility index (Phi) is 6.01. The van der Waals surface area contributed by atoms with Crippen LogP contribution in [0.2, 0.25) is 0 Å². The van der Waals surface area contributed by atoms with Gasteiger partial charge in [0.25, 0.3) is 0 Å². The summed E-state index contributed by atoms with van der Waals surface area (Å²) in [5.41, 5.74) is 3.89. The molecule has 2 aromatic carbocycles. The number of hydrogen-bond acceptors (Lipinski definition) is 2. The zero-order chi connectivity index (χ0) is 14.4. The molecule has 2 aromatic rings. The van der Waals surface area contributed by atoms with Gasteiger partial charge in [0.2, 0.25) is 0 Å². The topological polar surface area (TPSA) is 21.3 Å². The van der Waals surface area contributed by atoms with E-state index >= 15 is 0 Å². The number of rotatable bonds is 6. The molecule has 2 nitrogen and oxygen atoms in total. The van der Waals surface area contributed by atoms with E-state index in [4.69, 9.17) is 4.74 Å². The van der Waals surface area contributed by atoms with Crippen LogP contribution in [0.15, 0.2) is 48.5 Å². The molecule has 0 bridgehead atoms. The summed E-state index contributed by atoms with van der Waals surface area (Å²) in [7, 11) is 3.74. The van der Waals surface area contributed by atoms with E-state index in [0.29, 0.717) is 0 Å². The molecule has 0 saturated carbocycles. The molecule has 0 saturated heterocycles. The van der Waals surface area contributed by atoms with Gasteiger partial charge in [-0.1, -0.05) is 36.4 Å². The number of halogens is 1. The number of benzene rings is 2. The molecule has 106 valence electrons. The molecular formula is C17H20INO. The minimum absolute atomic E-state index is 0.239. The van der Waals surface area contributed by atoms with Crippen LogP contribution < -0.4 is 5.32 Å². The summed E-state index contributed by atoms with van der Waals surface area (Å²) in [6.07, 6.45) is 0.963. The molecule has 3 heteroatoms. The zero-order valence-corrected chi connectivity index (χ0v) is 14.1. The minimum atomic E-state index is 0.239. The lowest BCUT2D eigenvalue weighted by Gasteiger charge is -2.18. The van der Waals surface area contributed by atoms with Gasteiger partial charge in [-0.05, 0) is 64.9 Å². The smallest absolute Gasteiger partial charge is 0.0574 e. The van der Waals surface area contributed by atoms with Crippen molar-refractivity contribution in [3.63, 3.8) is 0 Å². The van der Waals surface area contributed by atoms with E-state index in [2.05, 4.69) is 76.4 Å². The maximum Gasteiger partial charge on any atom is 0.0574 e. The lowest BCUT2D eigenvalue weighted by Crippen LogP contribution is -2.17. The van der Waals surface area contributed by atoms with Gasteiger partial charge < -0.3 is 10.1 Å². The zero-order valence-electron chi connectivity index (χ0n) is 11.9. The van der Waals surface area contributed by atoms with Gasteiger partial charge in [0.1, 0.15) is 0 Å². The standard InChI is InChI=1S/C17H20INO/c1-19-17(15-7-9-16(18)10-8-15)14-5-3-13(4-6-14)11-12-20-2/h3-10,17,19H,11-12H2,1-2H3. The van der Waals surface area contributed by atoms with Crippen molar-refractivity contribution < 1.29 is 4.74 Å². The highest BCUT2D eigenvalue weighted by Gasteiger charge is 2.11. The average molecular weight is 381 g/mol. The lowest BCUT2D eigenvalue weighted by molar-refractivity contribution is 0.202. The fraction of sp³-hybridized carbons (Fsp3) is 0.294. The summed E-state index contributed by atoms with van der Waals surface area (Å²) in [5, 5.41) is 3.39. The van der Waals surface area contributed by atoms with Crippen LogP contribution in [0.4, 0.5) is 0 Å². The van der Waals surface area contributed by atoms with Crippen LogP contribution in [-0.2, 0) is 11.2 Å². The molecule has 0 spiro atoms. The normalized spacial score (nSPS) is 12.3. The van der Waals surface area contributed by atoms with Crippen molar-refractivity contribution in [3.8, 4) is 0 Å². The van der Waals surface area contributed by atoms with Gasteiger partial charge in [0.05, 0.1) is 12.6 Å². The molecule has 1 unspecified atom stereocenters. The van der Waals surface area contributed by atoms with Crippen molar-refractivity contribution >= 4 is 22.6 Å². The summed E-state index contributed by atoms with van der Waals surface area (Å²) < 4.78 is 6.37. The van der Waals surface area contributed by atoms with Gasteiger partial charge in [-0.25, -0.2) is 0 Å². The van der Waals surface area contributed by atoms with Crippen LogP contribution >= 0.6 is 22.6 Å². The summed E-state index contributed by atoms with van der Waals surface area (Å²) in [6, 6.07) is 17.7. The third kappa shape index (κ3) is 4.04. The molecule has 0 aliphatic rings. The average Bonchev–Trinajstić information content (AvgIpc) is 2.49. The molecule has 0 radical (unpaired) electrons. The molecule has 0 amide bonds. The van der Waals surface area contributed by atoms with E-state index in [1.54, 1.807) is 7.11 Å². The lowest BCUT2D eigenvalue weighted by atomic mass is 9.97. The first-order valence-electron chi connectivity index (χ1n) is 6.75. The van der Waals surface area contributed by atoms with Gasteiger partial charge in [0.15, 0.2) is 0 Å². The largest absolute Gasteiger partial charge is 0.384 e. The molecular weight excluding hydrogens is 361 g/mol. The Morgan fingerprint density at radius 2 is 1.55 bits per heavy atom. The Morgan fingerprint density at radius 3 is 2.05 bits per heavy atom. The Labute approximate surface area is 134 Å². The fourth-order valence-electron chi connectivity index (χ4n) is 2.28. The van der Waals surface area contributed by atoms with Gasteiger partial charge >= 0.3 is 0 Å². The van der Waals surface area contributed by atoms with Gasteiger partial charge in [-0.2, -0.15) is 0 Å². The predicted molar refractivity (Wildman–Crippen MR) is 92.1 cm³/mol. The van der Waals surface area contributed by atoms with Crippen molar-refractivity contribution in [2.75, 3.05) is 20.8 Å². The third-order valence-electron chi connectivity index (χ3n) is 3.40. The van der Waals surface area contributed by atoms with Gasteiger partial charge in [-0.3, -0.25) is 0 Å². The molecule has 0 aliphatic carbocycles. The summed E-state index contributed by atoms with van der Waals surface area (Å²) in [6.45, 7) is 0.770. The molecule has 0 heterocycles. The number of methoxy groups -OCH3 is 1. The van der Waals surface area contributed by atoms with E-state index < -0.39 is 0 Å². The van der Waals surface area contributed by atoms with Crippen LogP contribution in [-0.4, -0.2) is 20.8 Å². The predicted octanol–water partition coefficient (Wildman–Crippen LogP) is 3.79. The Morgan fingerprint density at radius 1 is 1.00 bits per heavy atom. The van der Waals surface area contributed by atoms with Gasteiger partial charge in [-0.15, -0.1) is 0 Å². The van der Waals surface area contributed by atoms with Crippen LogP contribution in [0.3, 0.4) is 0 Å². The highest BCUT2D eigenvalue weighted by Crippen LogP contribution is 2.23. The van der Waals surface area contributed by atoms with Crippen LogP contribution in [0, 0.1) is 3.57 Å². The molecule has 20 heavy (non-hydrogen) atoms. The molecule has 0 fully saturated rings. The maximum atomic E-state index is 5.11. The SMILES string of the molecule is CNC(c1ccc(I)cc1)c1ccc(CCOC)cc1. The molecule has 1 atom stereocenters. The van der Waals surface area contributed by atoms with Crippen LogP contribution in [0.5, 0.6) is 0 Å². The highest BCUT2D eigenvalue weighted by molar-refractivity contribution is 14.1. The highest BCUT2D eigenvalue weighted by atomic mass is 127. The second-order valence-corrected chi connectivity index (χ2v) is 6.00. The quantitative estimate of drug-likeness (QED) is 0.769. The second-order valence-electron chi connectivity index (χ2n) is 4.76. The third-order valence-corrected chi connectivity index (χ3v) is 4.12. The first kappa shape index (κ1) is 15.5. The first-order chi connectivity index (χ1) is 9.74. The van der Waals surface area contributed by atoms with E-state index in [9.17, 15) is 0 Å². The maximum absolute atomic E-state index is 5.11. The Bertz CT molecular complexity index is 522. The number of ether oxygens (including phenoxy) is 1. The summed E-state index contributed by atoms with van der Waals surface area (Å²) in [4.78, 5) is 0. The molecule has 2 rings (SSSR count). The molecule has 0 aliphatic heterocycles. The van der Waals surface area contributed by atoms with Crippen molar-refractivity contribution in [1.82, 2.24) is 5.32 Å². The number of hydrogen-bond donors (Lipinski definition) is 1. The molecule has 0 aromatic heterocycles. The van der Waals surface area contributed by atoms with Gasteiger partial charge in [0, 0.05) is 10.7 Å². The summed E-state index contributed by atoms with van der Waals surface area (Å²) in [5.74, 6) is 0. The number of nitrogens with one attached hydrogen (secondary N) is 1. The van der Waals surface area contributed by atoms with Crippen LogP contribution in [0.1, 0.15) is 22.7 Å². The van der Waals surface area contributed by atoms with E-state index in [0.717, 1.165) is 13.0 Å². The summed E-state index contributed by atoms with van der Waals surface area (Å²) >= 11 is 2.33. The minimum Gasteiger partial charge on any atom is -0.384 e. The monoisotopic (exact) mass is 381 g/mol. The Balaban J connectivity index is 2.17. The molecule has 1 N–H and O–H groups in total. The second kappa shape index (κ2) is 7.76. The van der Waals surface area contributed by atoms with E-state index in [1.807, 2.05) is 7.05 Å². The van der Waals surface area contributed by atoms with Crippen molar-refractivity contribution in [2.24, 2.45) is 0 Å². The van der Waals surface area contributed by atoms with E-state index in [-0.39, 0.29) is 6.04 Å². The van der Waals surface area contributed by atoms with E-state index in [1.165, 1.54) is 20.3 Å². The van der Waals surface area contributed by atoms with Crippen molar-refractivity contribution in [2.45, 2.75) is 12.5 Å².